The Hall–Kier alpha value is -3.92. The summed E-state index contributed by atoms with van der Waals surface area (Å²) in [6.45, 7) is 12.3. The molecule has 0 N–H and O–H groups in total. The number of hydroxylamine groups is 2. The maximum absolute atomic E-state index is 12.2. The molecule has 2 amide bonds. The summed E-state index contributed by atoms with van der Waals surface area (Å²) in [5.41, 5.74) is -0.942. The molecule has 0 aromatic heterocycles. The minimum atomic E-state index is -0.942. The highest BCUT2D eigenvalue weighted by Gasteiger charge is 2.34. The summed E-state index contributed by atoms with van der Waals surface area (Å²) < 4.78 is 38.4. The highest BCUT2D eigenvalue weighted by molar-refractivity contribution is 6.01. The first kappa shape index (κ1) is 39.1. The Morgan fingerprint density at radius 3 is 1.69 bits per heavy atom. The molecule has 1 rings (SSSR count). The number of esters is 3. The maximum Gasteiger partial charge on any atom is 0.335 e. The zero-order chi connectivity index (χ0) is 33.5. The van der Waals surface area contributed by atoms with Crippen molar-refractivity contribution in [1.29, 1.82) is 0 Å². The van der Waals surface area contributed by atoms with Crippen molar-refractivity contribution in [3.05, 3.63) is 38.0 Å². The number of ether oxygens (including phenoxy) is 7. The van der Waals surface area contributed by atoms with Crippen molar-refractivity contribution >= 4 is 35.7 Å². The number of carbonyl (C=O) groups is 6. The standard InChI is InChI=1S/C30H43NO14/c1-5-26(34)42-15-8-13-38-19-30(20-39-14-9-16-43-27(35)6-2,22-41-18-23(4)44-28(36)7-3)21-40-17-12-29(37)45-31-24(32)10-11-25(31)33/h5-7,23H,1-3,8-22H2,4H3. The lowest BCUT2D eigenvalue weighted by molar-refractivity contribution is -0.198. The van der Waals surface area contributed by atoms with E-state index in [1.54, 1.807) is 6.92 Å². The van der Waals surface area contributed by atoms with Crippen LogP contribution in [0, 0.1) is 5.41 Å². The second-order valence-corrected chi connectivity index (χ2v) is 9.87. The van der Waals surface area contributed by atoms with Crippen LogP contribution in [0.5, 0.6) is 0 Å². The molecule has 1 unspecified atom stereocenters. The van der Waals surface area contributed by atoms with Crippen molar-refractivity contribution in [2.45, 2.75) is 45.1 Å². The first-order valence-electron chi connectivity index (χ1n) is 14.3. The molecule has 15 nitrogen and oxygen atoms in total. The van der Waals surface area contributed by atoms with E-state index >= 15 is 0 Å². The number of hydrogen-bond acceptors (Lipinski definition) is 14. The van der Waals surface area contributed by atoms with Gasteiger partial charge in [-0.05, 0) is 6.92 Å². The van der Waals surface area contributed by atoms with Crippen molar-refractivity contribution in [2.75, 3.05) is 66.1 Å². The second-order valence-electron chi connectivity index (χ2n) is 9.87. The third-order valence-electron chi connectivity index (χ3n) is 5.81. The van der Waals surface area contributed by atoms with Crippen LogP contribution in [-0.2, 0) is 66.8 Å². The molecule has 15 heteroatoms. The predicted octanol–water partition coefficient (Wildman–Crippen LogP) is 1.39. The van der Waals surface area contributed by atoms with Gasteiger partial charge >= 0.3 is 23.9 Å². The summed E-state index contributed by atoms with van der Waals surface area (Å²) in [7, 11) is 0. The number of rotatable bonds is 26. The number of hydrogen-bond donors (Lipinski definition) is 0. The van der Waals surface area contributed by atoms with Gasteiger partial charge in [0.05, 0.1) is 64.7 Å². The molecular weight excluding hydrogens is 598 g/mol. The topological polar surface area (TPSA) is 179 Å². The Labute approximate surface area is 262 Å². The van der Waals surface area contributed by atoms with Gasteiger partial charge in [-0.2, -0.15) is 0 Å². The summed E-state index contributed by atoms with van der Waals surface area (Å²) in [5, 5.41) is 0.459. The number of nitrogens with zero attached hydrogens (tertiary/aromatic N) is 1. The monoisotopic (exact) mass is 641 g/mol. The van der Waals surface area contributed by atoms with E-state index in [0.717, 1.165) is 18.2 Å². The van der Waals surface area contributed by atoms with Gasteiger partial charge in [-0.1, -0.05) is 19.7 Å². The highest BCUT2D eigenvalue weighted by Crippen LogP contribution is 2.22. The van der Waals surface area contributed by atoms with Gasteiger partial charge in [0.1, 0.15) is 6.10 Å². The third-order valence-corrected chi connectivity index (χ3v) is 5.81. The molecule has 0 spiro atoms. The fourth-order valence-corrected chi connectivity index (χ4v) is 3.58. The lowest BCUT2D eigenvalue weighted by atomic mass is 9.92. The molecule has 1 aliphatic heterocycles. The summed E-state index contributed by atoms with van der Waals surface area (Å²) in [6, 6.07) is 0. The Bertz CT molecular complexity index is 978. The van der Waals surface area contributed by atoms with Gasteiger partial charge in [0.15, 0.2) is 0 Å². The lowest BCUT2D eigenvalue weighted by Crippen LogP contribution is -2.43. The maximum atomic E-state index is 12.2. The van der Waals surface area contributed by atoms with Gasteiger partial charge in [0.25, 0.3) is 11.8 Å². The highest BCUT2D eigenvalue weighted by atomic mass is 16.7. The minimum Gasteiger partial charge on any atom is -0.462 e. The molecule has 1 heterocycles. The van der Waals surface area contributed by atoms with Crippen LogP contribution in [-0.4, -0.2) is 113 Å². The SMILES string of the molecule is C=CC(=O)OCCCOCC(COCCCOC(=O)C=C)(COCCC(=O)ON1C(=O)CCC1=O)COCC(C)OC(=O)C=C. The van der Waals surface area contributed by atoms with Crippen LogP contribution >= 0.6 is 0 Å². The molecular formula is C30H43NO14. The van der Waals surface area contributed by atoms with Gasteiger partial charge in [0.2, 0.25) is 0 Å². The van der Waals surface area contributed by atoms with E-state index in [0.29, 0.717) is 17.9 Å². The zero-order valence-electron chi connectivity index (χ0n) is 25.7. The zero-order valence-corrected chi connectivity index (χ0v) is 25.7. The van der Waals surface area contributed by atoms with Crippen LogP contribution in [0.4, 0.5) is 0 Å². The number of amides is 2. The second kappa shape index (κ2) is 22.6. The van der Waals surface area contributed by atoms with Gasteiger partial charge < -0.3 is 38.0 Å². The van der Waals surface area contributed by atoms with Crippen LogP contribution in [0.15, 0.2) is 38.0 Å². The van der Waals surface area contributed by atoms with E-state index < -0.39 is 47.2 Å². The predicted molar refractivity (Wildman–Crippen MR) is 155 cm³/mol. The van der Waals surface area contributed by atoms with Gasteiger partial charge in [-0.25, -0.2) is 19.2 Å². The Morgan fingerprint density at radius 2 is 1.20 bits per heavy atom. The molecule has 0 bridgehead atoms. The van der Waals surface area contributed by atoms with Gasteiger partial charge in [0, 0.05) is 57.1 Å². The first-order chi connectivity index (χ1) is 21.6. The normalized spacial score (nSPS) is 13.6. The van der Waals surface area contributed by atoms with E-state index in [4.69, 9.17) is 38.0 Å². The third kappa shape index (κ3) is 17.2. The quantitative estimate of drug-likeness (QED) is 0.0435. The fraction of sp³-hybridized carbons (Fsp3) is 0.600. The van der Waals surface area contributed by atoms with Gasteiger partial charge in [-0.3, -0.25) is 9.59 Å². The molecule has 0 aromatic rings. The molecule has 0 saturated carbocycles. The van der Waals surface area contributed by atoms with Crippen LogP contribution < -0.4 is 0 Å². The Morgan fingerprint density at radius 1 is 0.733 bits per heavy atom. The van der Waals surface area contributed by atoms with E-state index in [1.165, 1.54) is 0 Å². The molecule has 1 aliphatic rings. The summed E-state index contributed by atoms with van der Waals surface area (Å²) in [5.74, 6) is -3.72. The number of carbonyl (C=O) groups excluding carboxylic acids is 6. The van der Waals surface area contributed by atoms with Crippen LogP contribution in [0.3, 0.4) is 0 Å². The first-order valence-corrected chi connectivity index (χ1v) is 14.3. The van der Waals surface area contributed by atoms with Crippen molar-refractivity contribution < 1.29 is 66.8 Å². The average molecular weight is 642 g/mol. The van der Waals surface area contributed by atoms with E-state index in [1.807, 2.05) is 0 Å². The van der Waals surface area contributed by atoms with E-state index in [9.17, 15) is 28.8 Å². The van der Waals surface area contributed by atoms with E-state index in [2.05, 4.69) is 19.7 Å². The van der Waals surface area contributed by atoms with E-state index in [-0.39, 0.29) is 85.3 Å². The van der Waals surface area contributed by atoms with Crippen molar-refractivity contribution in [2.24, 2.45) is 5.41 Å². The summed E-state index contributed by atoms with van der Waals surface area (Å²) in [4.78, 5) is 74.5. The Balaban J connectivity index is 2.84. The smallest absolute Gasteiger partial charge is 0.335 e. The van der Waals surface area contributed by atoms with Crippen molar-refractivity contribution in [3.63, 3.8) is 0 Å². The fourth-order valence-electron chi connectivity index (χ4n) is 3.58. The van der Waals surface area contributed by atoms with Crippen LogP contribution in [0.25, 0.3) is 0 Å². The molecule has 252 valence electrons. The van der Waals surface area contributed by atoms with Crippen LogP contribution in [0.1, 0.15) is 39.0 Å². The molecule has 0 aromatic carbocycles. The molecule has 1 atom stereocenters. The molecule has 45 heavy (non-hydrogen) atoms. The number of imide groups is 1. The van der Waals surface area contributed by atoms with Crippen molar-refractivity contribution in [1.82, 2.24) is 5.06 Å². The largest absolute Gasteiger partial charge is 0.462 e. The average Bonchev–Trinajstić information content (AvgIpc) is 3.34. The van der Waals surface area contributed by atoms with Crippen molar-refractivity contribution in [3.8, 4) is 0 Å². The van der Waals surface area contributed by atoms with Crippen LogP contribution in [0.2, 0.25) is 0 Å². The lowest BCUT2D eigenvalue weighted by Gasteiger charge is -2.33. The molecule has 1 saturated heterocycles. The Kier molecular flexibility index (Phi) is 19.6. The van der Waals surface area contributed by atoms with Gasteiger partial charge in [-0.15, -0.1) is 5.06 Å². The molecule has 0 radical (unpaired) electrons. The molecule has 1 fully saturated rings. The minimum absolute atomic E-state index is 0.0150. The summed E-state index contributed by atoms with van der Waals surface area (Å²) in [6.07, 6.45) is 3.03. The molecule has 0 aliphatic carbocycles. The summed E-state index contributed by atoms with van der Waals surface area (Å²) >= 11 is 0.